The Kier molecular flexibility index (Phi) is 5.34. The molecule has 94 valence electrons. The quantitative estimate of drug-likeness (QED) is 0.480. The van der Waals surface area contributed by atoms with Crippen molar-refractivity contribution in [1.82, 2.24) is 10.2 Å². The Hall–Kier alpha value is -1.17. The minimum Gasteiger partial charge on any atom is -0.311 e. The topological polar surface area (TPSA) is 58.4 Å². The monoisotopic (exact) mass is 257 g/mol. The predicted molar refractivity (Wildman–Crippen MR) is 68.4 cm³/mol. The summed E-state index contributed by atoms with van der Waals surface area (Å²) in [6.07, 6.45) is 0. The van der Waals surface area contributed by atoms with E-state index >= 15 is 0 Å². The molecule has 0 radical (unpaired) electrons. The molecule has 1 aromatic carbocycles. The van der Waals surface area contributed by atoms with Crippen molar-refractivity contribution in [3.63, 3.8) is 0 Å². The number of rotatable bonds is 6. The number of nitrogens with zero attached hydrogens (tertiary/aromatic N) is 2. The maximum absolute atomic E-state index is 10.7. The van der Waals surface area contributed by atoms with E-state index in [1.807, 2.05) is 14.1 Å². The Bertz CT molecular complexity index is 396. The molecule has 5 nitrogen and oxygen atoms in total. The van der Waals surface area contributed by atoms with Crippen molar-refractivity contribution in [1.29, 1.82) is 0 Å². The van der Waals surface area contributed by atoms with E-state index in [0.29, 0.717) is 6.54 Å². The van der Waals surface area contributed by atoms with Crippen LogP contribution in [-0.4, -0.2) is 37.0 Å². The first kappa shape index (κ1) is 13.9. The molecule has 0 aromatic heterocycles. The summed E-state index contributed by atoms with van der Waals surface area (Å²) in [4.78, 5) is 12.3. The summed E-state index contributed by atoms with van der Waals surface area (Å²) < 4.78 is 0. The third-order valence-corrected chi connectivity index (χ3v) is 2.59. The van der Waals surface area contributed by atoms with Crippen molar-refractivity contribution in [2.45, 2.75) is 6.54 Å². The molecule has 0 heterocycles. The third-order valence-electron chi connectivity index (χ3n) is 2.27. The molecule has 0 saturated carbocycles. The fraction of sp³-hybridized carbons (Fsp3) is 0.455. The van der Waals surface area contributed by atoms with Gasteiger partial charge in [0, 0.05) is 25.7 Å². The Morgan fingerprint density at radius 1 is 1.47 bits per heavy atom. The van der Waals surface area contributed by atoms with Gasteiger partial charge in [0.15, 0.2) is 0 Å². The summed E-state index contributed by atoms with van der Waals surface area (Å²) in [5, 5.41) is 14.1. The van der Waals surface area contributed by atoms with E-state index in [2.05, 4.69) is 10.2 Å². The van der Waals surface area contributed by atoms with Crippen molar-refractivity contribution in [3.05, 3.63) is 38.9 Å². The number of benzene rings is 1. The van der Waals surface area contributed by atoms with Crippen LogP contribution < -0.4 is 5.32 Å². The van der Waals surface area contributed by atoms with Gasteiger partial charge in [0.05, 0.1) is 4.92 Å². The van der Waals surface area contributed by atoms with Crippen LogP contribution in [0.4, 0.5) is 5.69 Å². The summed E-state index contributed by atoms with van der Waals surface area (Å²) in [5.74, 6) is 0. The van der Waals surface area contributed by atoms with Crippen LogP contribution in [0.2, 0.25) is 5.02 Å². The average molecular weight is 258 g/mol. The van der Waals surface area contributed by atoms with Crippen molar-refractivity contribution < 1.29 is 4.92 Å². The molecule has 1 aromatic rings. The maximum atomic E-state index is 10.7. The van der Waals surface area contributed by atoms with Crippen molar-refractivity contribution in [3.8, 4) is 0 Å². The summed E-state index contributed by atoms with van der Waals surface area (Å²) in [5.41, 5.74) is 0.818. The highest BCUT2D eigenvalue weighted by molar-refractivity contribution is 6.32. The van der Waals surface area contributed by atoms with Gasteiger partial charge >= 0.3 is 0 Å². The van der Waals surface area contributed by atoms with Crippen molar-refractivity contribution in [2.75, 3.05) is 27.2 Å². The third kappa shape index (κ3) is 4.68. The summed E-state index contributed by atoms with van der Waals surface area (Å²) in [6.45, 7) is 2.37. The zero-order valence-electron chi connectivity index (χ0n) is 9.94. The Labute approximate surface area is 106 Å². The molecule has 0 aliphatic heterocycles. The van der Waals surface area contributed by atoms with Gasteiger partial charge < -0.3 is 10.2 Å². The second kappa shape index (κ2) is 6.54. The Morgan fingerprint density at radius 2 is 2.18 bits per heavy atom. The summed E-state index contributed by atoms with van der Waals surface area (Å²) in [7, 11) is 3.99. The molecule has 0 aliphatic carbocycles. The molecule has 6 heteroatoms. The molecule has 0 fully saturated rings. The zero-order chi connectivity index (χ0) is 12.8. The van der Waals surface area contributed by atoms with E-state index in [1.54, 1.807) is 12.1 Å². The first-order valence-electron chi connectivity index (χ1n) is 5.29. The molecule has 17 heavy (non-hydrogen) atoms. The first-order valence-corrected chi connectivity index (χ1v) is 5.67. The van der Waals surface area contributed by atoms with Gasteiger partial charge in [-0.1, -0.05) is 17.7 Å². The molecular formula is C11H16ClN3O2. The normalized spacial score (nSPS) is 10.8. The molecular weight excluding hydrogens is 242 g/mol. The van der Waals surface area contributed by atoms with Crippen LogP contribution in [0.15, 0.2) is 18.2 Å². The second-order valence-corrected chi connectivity index (χ2v) is 4.43. The van der Waals surface area contributed by atoms with Crippen molar-refractivity contribution in [2.24, 2.45) is 0 Å². The zero-order valence-corrected chi connectivity index (χ0v) is 10.7. The van der Waals surface area contributed by atoms with Gasteiger partial charge in [0.25, 0.3) is 5.69 Å². The standard InChI is InChI=1S/C11H16ClN3O2/c1-14(2)6-5-13-8-9-3-4-10(12)11(7-9)15(16)17/h3-4,7,13H,5-6,8H2,1-2H3. The van der Waals surface area contributed by atoms with Gasteiger partial charge in [-0.15, -0.1) is 0 Å². The van der Waals surface area contributed by atoms with Gasteiger partial charge in [-0.25, -0.2) is 0 Å². The fourth-order valence-electron chi connectivity index (χ4n) is 1.34. The lowest BCUT2D eigenvalue weighted by Crippen LogP contribution is -2.26. The van der Waals surface area contributed by atoms with Crippen LogP contribution in [0.5, 0.6) is 0 Å². The van der Waals surface area contributed by atoms with Crippen LogP contribution in [-0.2, 0) is 6.54 Å². The van der Waals surface area contributed by atoms with Crippen LogP contribution in [0.25, 0.3) is 0 Å². The molecule has 0 saturated heterocycles. The molecule has 0 unspecified atom stereocenters. The lowest BCUT2D eigenvalue weighted by molar-refractivity contribution is -0.384. The molecule has 0 bridgehead atoms. The molecule has 0 spiro atoms. The highest BCUT2D eigenvalue weighted by atomic mass is 35.5. The molecule has 0 aliphatic rings. The number of likely N-dealkylation sites (N-methyl/N-ethyl adjacent to an activating group) is 1. The number of halogens is 1. The van der Waals surface area contributed by atoms with E-state index in [4.69, 9.17) is 11.6 Å². The largest absolute Gasteiger partial charge is 0.311 e. The smallest absolute Gasteiger partial charge is 0.288 e. The number of hydrogen-bond acceptors (Lipinski definition) is 4. The lowest BCUT2D eigenvalue weighted by Gasteiger charge is -2.10. The number of nitro groups is 1. The van der Waals surface area contributed by atoms with Crippen LogP contribution in [0, 0.1) is 10.1 Å². The highest BCUT2D eigenvalue weighted by Gasteiger charge is 2.12. The van der Waals surface area contributed by atoms with Crippen LogP contribution in [0.3, 0.4) is 0 Å². The Balaban J connectivity index is 2.54. The van der Waals surface area contributed by atoms with Gasteiger partial charge in [-0.3, -0.25) is 10.1 Å². The number of hydrogen-bond donors (Lipinski definition) is 1. The van der Waals surface area contributed by atoms with E-state index in [1.165, 1.54) is 6.07 Å². The number of nitro benzene ring substituents is 1. The summed E-state index contributed by atoms with van der Waals surface area (Å²) >= 11 is 5.73. The molecule has 1 rings (SSSR count). The average Bonchev–Trinajstić information content (AvgIpc) is 2.25. The number of nitrogens with one attached hydrogen (secondary N) is 1. The Morgan fingerprint density at radius 3 is 2.76 bits per heavy atom. The highest BCUT2D eigenvalue weighted by Crippen LogP contribution is 2.24. The van der Waals surface area contributed by atoms with Gasteiger partial charge in [0.2, 0.25) is 0 Å². The minimum absolute atomic E-state index is 0.0430. The lowest BCUT2D eigenvalue weighted by atomic mass is 10.2. The SMILES string of the molecule is CN(C)CCNCc1ccc(Cl)c([N+](=O)[O-])c1. The van der Waals surface area contributed by atoms with E-state index in [0.717, 1.165) is 18.7 Å². The van der Waals surface area contributed by atoms with E-state index in [-0.39, 0.29) is 10.7 Å². The van der Waals surface area contributed by atoms with Crippen LogP contribution in [0.1, 0.15) is 5.56 Å². The van der Waals surface area contributed by atoms with Gasteiger partial charge in [0.1, 0.15) is 5.02 Å². The molecule has 0 amide bonds. The maximum Gasteiger partial charge on any atom is 0.288 e. The fourth-order valence-corrected chi connectivity index (χ4v) is 1.53. The van der Waals surface area contributed by atoms with Gasteiger partial charge in [-0.2, -0.15) is 0 Å². The van der Waals surface area contributed by atoms with E-state index in [9.17, 15) is 10.1 Å². The summed E-state index contributed by atoms with van der Waals surface area (Å²) in [6, 6.07) is 4.85. The van der Waals surface area contributed by atoms with Crippen molar-refractivity contribution >= 4 is 17.3 Å². The second-order valence-electron chi connectivity index (χ2n) is 4.02. The minimum atomic E-state index is -0.467. The molecule has 0 atom stereocenters. The molecule has 1 N–H and O–H groups in total. The predicted octanol–water partition coefficient (Wildman–Crippen LogP) is 1.90. The first-order chi connectivity index (χ1) is 8.00. The van der Waals surface area contributed by atoms with E-state index < -0.39 is 4.92 Å². The van der Waals surface area contributed by atoms with Gasteiger partial charge in [-0.05, 0) is 25.7 Å². The van der Waals surface area contributed by atoms with Crippen LogP contribution >= 0.6 is 11.6 Å².